The molecule has 3 heterocycles. The number of rotatable bonds is 5. The van der Waals surface area contributed by atoms with E-state index in [1.54, 1.807) is 29.3 Å². The number of thioether (sulfide) groups is 1. The number of thiophene rings is 1. The first kappa shape index (κ1) is 13.3. The summed E-state index contributed by atoms with van der Waals surface area (Å²) in [5.41, 5.74) is 2.33. The highest BCUT2D eigenvalue weighted by Crippen LogP contribution is 2.25. The zero-order valence-corrected chi connectivity index (χ0v) is 12.7. The SMILES string of the molecule is Cc1ccsc1CSc1nc(Cc2ccccn2)n[nH]1. The predicted octanol–water partition coefficient (Wildman–Crippen LogP) is 3.45. The van der Waals surface area contributed by atoms with E-state index in [1.807, 2.05) is 18.2 Å². The van der Waals surface area contributed by atoms with Crippen molar-refractivity contribution in [3.8, 4) is 0 Å². The molecule has 1 N–H and O–H groups in total. The smallest absolute Gasteiger partial charge is 0.184 e. The number of hydrogen-bond acceptors (Lipinski definition) is 5. The Morgan fingerprint density at radius 1 is 1.30 bits per heavy atom. The summed E-state index contributed by atoms with van der Waals surface area (Å²) in [6.45, 7) is 2.14. The normalized spacial score (nSPS) is 10.8. The largest absolute Gasteiger partial charge is 0.261 e. The monoisotopic (exact) mass is 302 g/mol. The van der Waals surface area contributed by atoms with Crippen molar-refractivity contribution >= 4 is 23.1 Å². The lowest BCUT2D eigenvalue weighted by atomic mass is 10.3. The quantitative estimate of drug-likeness (QED) is 0.733. The minimum Gasteiger partial charge on any atom is -0.261 e. The number of nitrogens with one attached hydrogen (secondary N) is 1. The van der Waals surface area contributed by atoms with E-state index in [0.29, 0.717) is 6.42 Å². The fourth-order valence-electron chi connectivity index (χ4n) is 1.77. The van der Waals surface area contributed by atoms with E-state index < -0.39 is 0 Å². The molecule has 0 atom stereocenters. The standard InChI is InChI=1S/C14H14N4S2/c1-10-5-7-19-12(10)9-20-14-16-13(17-18-14)8-11-4-2-3-6-15-11/h2-7H,8-9H2,1H3,(H,16,17,18). The molecule has 0 unspecified atom stereocenters. The molecule has 0 aliphatic carbocycles. The highest BCUT2D eigenvalue weighted by atomic mass is 32.2. The lowest BCUT2D eigenvalue weighted by Gasteiger charge is -1.96. The molecule has 102 valence electrons. The van der Waals surface area contributed by atoms with Gasteiger partial charge in [-0.25, -0.2) is 4.98 Å². The summed E-state index contributed by atoms with van der Waals surface area (Å²) in [7, 11) is 0. The van der Waals surface area contributed by atoms with Crippen LogP contribution in [0.15, 0.2) is 41.0 Å². The Morgan fingerprint density at radius 2 is 2.25 bits per heavy atom. The Balaban J connectivity index is 1.61. The van der Waals surface area contributed by atoms with E-state index in [0.717, 1.165) is 22.4 Å². The fourth-order valence-corrected chi connectivity index (χ4v) is 3.69. The molecule has 0 saturated heterocycles. The van der Waals surface area contributed by atoms with E-state index in [-0.39, 0.29) is 0 Å². The van der Waals surface area contributed by atoms with E-state index in [9.17, 15) is 0 Å². The predicted molar refractivity (Wildman–Crippen MR) is 82.0 cm³/mol. The average molecular weight is 302 g/mol. The van der Waals surface area contributed by atoms with Crippen molar-refractivity contribution < 1.29 is 0 Å². The molecule has 0 amide bonds. The lowest BCUT2D eigenvalue weighted by Crippen LogP contribution is -1.93. The van der Waals surface area contributed by atoms with Crippen LogP contribution in [-0.4, -0.2) is 20.2 Å². The zero-order chi connectivity index (χ0) is 13.8. The lowest BCUT2D eigenvalue weighted by molar-refractivity contribution is 0.938. The Labute approximate surface area is 125 Å². The molecule has 0 fully saturated rings. The molecule has 0 aliphatic heterocycles. The van der Waals surface area contributed by atoms with Crippen LogP contribution in [0.3, 0.4) is 0 Å². The van der Waals surface area contributed by atoms with Crippen LogP contribution < -0.4 is 0 Å². The summed E-state index contributed by atoms with van der Waals surface area (Å²) < 4.78 is 0. The Kier molecular flexibility index (Phi) is 4.13. The van der Waals surface area contributed by atoms with Gasteiger partial charge in [-0.2, -0.15) is 5.10 Å². The van der Waals surface area contributed by atoms with Crippen LogP contribution in [0.5, 0.6) is 0 Å². The Hall–Kier alpha value is -1.66. The number of pyridine rings is 1. The van der Waals surface area contributed by atoms with Crippen LogP contribution in [-0.2, 0) is 12.2 Å². The first-order chi connectivity index (χ1) is 9.81. The maximum Gasteiger partial charge on any atom is 0.184 e. The molecule has 20 heavy (non-hydrogen) atoms. The number of aryl methyl sites for hydroxylation is 1. The summed E-state index contributed by atoms with van der Waals surface area (Å²) in [6, 6.07) is 8.02. The van der Waals surface area contributed by atoms with Gasteiger partial charge in [0, 0.05) is 22.5 Å². The molecule has 4 nitrogen and oxygen atoms in total. The average Bonchev–Trinajstić information content (AvgIpc) is 3.07. The highest BCUT2D eigenvalue weighted by Gasteiger charge is 2.07. The van der Waals surface area contributed by atoms with Crippen molar-refractivity contribution in [3.05, 3.63) is 57.8 Å². The van der Waals surface area contributed by atoms with Crippen molar-refractivity contribution in [3.63, 3.8) is 0 Å². The van der Waals surface area contributed by atoms with Gasteiger partial charge in [0.2, 0.25) is 0 Å². The first-order valence-electron chi connectivity index (χ1n) is 6.28. The number of aromatic nitrogens is 4. The van der Waals surface area contributed by atoms with Crippen LogP contribution >= 0.6 is 23.1 Å². The van der Waals surface area contributed by atoms with Gasteiger partial charge in [0.15, 0.2) is 11.0 Å². The van der Waals surface area contributed by atoms with Crippen LogP contribution in [0.2, 0.25) is 0 Å². The highest BCUT2D eigenvalue weighted by molar-refractivity contribution is 7.98. The van der Waals surface area contributed by atoms with Crippen LogP contribution in [0.25, 0.3) is 0 Å². The molecule has 6 heteroatoms. The third kappa shape index (κ3) is 3.26. The molecular weight excluding hydrogens is 288 g/mol. The molecule has 0 bridgehead atoms. The van der Waals surface area contributed by atoms with Gasteiger partial charge in [-0.05, 0) is 36.1 Å². The number of hydrogen-bond donors (Lipinski definition) is 1. The van der Waals surface area contributed by atoms with Crippen molar-refractivity contribution in [2.24, 2.45) is 0 Å². The first-order valence-corrected chi connectivity index (χ1v) is 8.15. The van der Waals surface area contributed by atoms with Gasteiger partial charge in [0.25, 0.3) is 0 Å². The van der Waals surface area contributed by atoms with Gasteiger partial charge in [0.05, 0.1) is 6.42 Å². The van der Waals surface area contributed by atoms with Gasteiger partial charge < -0.3 is 0 Å². The second-order valence-corrected chi connectivity index (χ2v) is 6.33. The Bertz CT molecular complexity index is 675. The second-order valence-electron chi connectivity index (χ2n) is 4.37. The van der Waals surface area contributed by atoms with Gasteiger partial charge in [0.1, 0.15) is 0 Å². The number of aromatic amines is 1. The molecule has 0 aromatic carbocycles. The van der Waals surface area contributed by atoms with Crippen molar-refractivity contribution in [1.29, 1.82) is 0 Å². The van der Waals surface area contributed by atoms with Gasteiger partial charge >= 0.3 is 0 Å². The van der Waals surface area contributed by atoms with Crippen molar-refractivity contribution in [2.75, 3.05) is 0 Å². The van der Waals surface area contributed by atoms with Crippen molar-refractivity contribution in [1.82, 2.24) is 20.2 Å². The topological polar surface area (TPSA) is 54.5 Å². The third-order valence-electron chi connectivity index (χ3n) is 2.88. The minimum absolute atomic E-state index is 0.663. The Morgan fingerprint density at radius 3 is 3.00 bits per heavy atom. The van der Waals surface area contributed by atoms with E-state index in [2.05, 4.69) is 38.5 Å². The van der Waals surface area contributed by atoms with Crippen LogP contribution in [0.4, 0.5) is 0 Å². The maximum absolute atomic E-state index is 4.50. The second kappa shape index (κ2) is 6.19. The molecule has 0 aliphatic rings. The molecule has 3 aromatic heterocycles. The van der Waals surface area contributed by atoms with Gasteiger partial charge in [-0.3, -0.25) is 10.1 Å². The minimum atomic E-state index is 0.663. The third-order valence-corrected chi connectivity index (χ3v) is 4.98. The van der Waals surface area contributed by atoms with Gasteiger partial charge in [-0.1, -0.05) is 17.8 Å². The van der Waals surface area contributed by atoms with Gasteiger partial charge in [-0.15, -0.1) is 11.3 Å². The molecule has 3 aromatic rings. The van der Waals surface area contributed by atoms with Crippen LogP contribution in [0, 0.1) is 6.92 Å². The zero-order valence-electron chi connectivity index (χ0n) is 11.0. The summed E-state index contributed by atoms with van der Waals surface area (Å²) in [5, 5.41) is 10.2. The fraction of sp³-hybridized carbons (Fsp3) is 0.214. The van der Waals surface area contributed by atoms with Crippen molar-refractivity contribution in [2.45, 2.75) is 24.3 Å². The van der Waals surface area contributed by atoms with Crippen LogP contribution in [0.1, 0.15) is 22.0 Å². The molecular formula is C14H14N4S2. The molecule has 0 radical (unpaired) electrons. The maximum atomic E-state index is 4.50. The summed E-state index contributed by atoms with van der Waals surface area (Å²) >= 11 is 3.47. The number of nitrogens with zero attached hydrogens (tertiary/aromatic N) is 3. The molecule has 0 spiro atoms. The summed E-state index contributed by atoms with van der Waals surface area (Å²) in [6.07, 6.45) is 2.45. The van der Waals surface area contributed by atoms with E-state index >= 15 is 0 Å². The molecule has 0 saturated carbocycles. The summed E-state index contributed by atoms with van der Waals surface area (Å²) in [5.74, 6) is 1.72. The molecule has 3 rings (SSSR count). The number of H-pyrrole nitrogens is 1. The van der Waals surface area contributed by atoms with E-state index in [1.165, 1.54) is 10.4 Å². The summed E-state index contributed by atoms with van der Waals surface area (Å²) in [4.78, 5) is 10.2. The van der Waals surface area contributed by atoms with E-state index in [4.69, 9.17) is 0 Å².